The highest BCUT2D eigenvalue weighted by Crippen LogP contribution is 2.34. The first-order valence-electron chi connectivity index (χ1n) is 13.3. The maximum atomic E-state index is 15.3. The molecule has 3 heterocycles. The summed E-state index contributed by atoms with van der Waals surface area (Å²) in [7, 11) is -4.28. The van der Waals surface area contributed by atoms with E-state index in [1.807, 2.05) is 29.0 Å². The predicted molar refractivity (Wildman–Crippen MR) is 152 cm³/mol. The Bertz CT molecular complexity index is 1800. The summed E-state index contributed by atoms with van der Waals surface area (Å²) >= 11 is 0. The van der Waals surface area contributed by atoms with E-state index in [4.69, 9.17) is 4.74 Å². The van der Waals surface area contributed by atoms with Gasteiger partial charge in [-0.1, -0.05) is 0 Å². The van der Waals surface area contributed by atoms with Crippen molar-refractivity contribution in [2.75, 3.05) is 48.9 Å². The summed E-state index contributed by atoms with van der Waals surface area (Å²) in [6.07, 6.45) is 0.120. The Morgan fingerprint density at radius 2 is 1.71 bits per heavy atom. The third kappa shape index (κ3) is 5.52. The standard InChI is InChI=1S/C28H27F3N6O4S/c29-18-9-12-36(16-18)42(39,40)34-25-8-6-23(30)27(26(25)31)41-21-5-7-24-22(15-21)28(38)37(17-33-24)20-3-1-19(2-4-20)35-13-10-32-11-14-35/h1-8,15,17-18,32,34H,9-14,16H2. The molecule has 3 aromatic carbocycles. The summed E-state index contributed by atoms with van der Waals surface area (Å²) in [5.41, 5.74) is 0.995. The normalized spacial score (nSPS) is 18.0. The molecule has 0 amide bonds. The number of halogens is 3. The van der Waals surface area contributed by atoms with E-state index in [9.17, 15) is 22.0 Å². The van der Waals surface area contributed by atoms with Gasteiger partial charge < -0.3 is 15.0 Å². The van der Waals surface area contributed by atoms with Crippen molar-refractivity contribution in [1.29, 1.82) is 0 Å². The first kappa shape index (κ1) is 28.0. The number of ether oxygens (including phenoxy) is 1. The van der Waals surface area contributed by atoms with E-state index in [-0.39, 0.29) is 30.6 Å². The van der Waals surface area contributed by atoms with Crippen LogP contribution in [-0.4, -0.2) is 67.7 Å². The van der Waals surface area contributed by atoms with Gasteiger partial charge in [-0.2, -0.15) is 12.7 Å². The Labute approximate surface area is 239 Å². The molecule has 0 radical (unpaired) electrons. The predicted octanol–water partition coefficient (Wildman–Crippen LogP) is 3.57. The van der Waals surface area contributed by atoms with Crippen LogP contribution in [0, 0.1) is 11.6 Å². The molecule has 0 spiro atoms. The minimum atomic E-state index is -4.28. The number of rotatable bonds is 7. The van der Waals surface area contributed by atoms with Crippen molar-refractivity contribution in [2.24, 2.45) is 0 Å². The number of alkyl halides is 1. The number of anilines is 2. The molecule has 2 N–H and O–H groups in total. The number of nitrogens with zero attached hydrogens (tertiary/aromatic N) is 4. The summed E-state index contributed by atoms with van der Waals surface area (Å²) < 4.78 is 78.4. The lowest BCUT2D eigenvalue weighted by Crippen LogP contribution is -2.43. The van der Waals surface area contributed by atoms with Gasteiger partial charge in [0.2, 0.25) is 5.75 Å². The number of benzene rings is 3. The highest BCUT2D eigenvalue weighted by Gasteiger charge is 2.32. The molecule has 1 atom stereocenters. The first-order chi connectivity index (χ1) is 20.2. The number of hydrogen-bond acceptors (Lipinski definition) is 7. The summed E-state index contributed by atoms with van der Waals surface area (Å²) in [5.74, 6) is -3.32. The lowest BCUT2D eigenvalue weighted by atomic mass is 10.2. The van der Waals surface area contributed by atoms with Crippen LogP contribution in [0.5, 0.6) is 11.5 Å². The second-order valence-electron chi connectivity index (χ2n) is 10.0. The van der Waals surface area contributed by atoms with Crippen LogP contribution < -0.4 is 25.2 Å². The van der Waals surface area contributed by atoms with Gasteiger partial charge in [0.1, 0.15) is 18.2 Å². The van der Waals surface area contributed by atoms with Gasteiger partial charge in [-0.25, -0.2) is 18.2 Å². The summed E-state index contributed by atoms with van der Waals surface area (Å²) in [6.45, 7) is 3.14. The lowest BCUT2D eigenvalue weighted by Gasteiger charge is -2.29. The molecule has 2 fully saturated rings. The third-order valence-corrected chi connectivity index (χ3v) is 8.77. The fraction of sp³-hybridized carbons (Fsp3) is 0.286. The zero-order chi connectivity index (χ0) is 29.4. The van der Waals surface area contributed by atoms with Crippen molar-refractivity contribution in [2.45, 2.75) is 12.6 Å². The van der Waals surface area contributed by atoms with E-state index >= 15 is 4.39 Å². The fourth-order valence-corrected chi connectivity index (χ4v) is 6.30. The molecule has 0 saturated carbocycles. The molecular weight excluding hydrogens is 573 g/mol. The molecule has 6 rings (SSSR count). The van der Waals surface area contributed by atoms with E-state index in [0.717, 1.165) is 48.3 Å². The van der Waals surface area contributed by atoms with Gasteiger partial charge in [0.05, 0.1) is 22.3 Å². The van der Waals surface area contributed by atoms with Crippen molar-refractivity contribution in [3.63, 3.8) is 0 Å². The zero-order valence-electron chi connectivity index (χ0n) is 22.3. The van der Waals surface area contributed by atoms with Gasteiger partial charge in [-0.15, -0.1) is 0 Å². The average molecular weight is 601 g/mol. The molecule has 1 unspecified atom stereocenters. The van der Waals surface area contributed by atoms with Gasteiger partial charge in [-0.3, -0.25) is 14.1 Å². The summed E-state index contributed by atoms with van der Waals surface area (Å²) in [5, 5.41) is 3.45. The monoisotopic (exact) mass is 600 g/mol. The molecule has 1 aromatic heterocycles. The minimum absolute atomic E-state index is 0.0293. The number of nitrogens with one attached hydrogen (secondary N) is 2. The third-order valence-electron chi connectivity index (χ3n) is 7.28. The van der Waals surface area contributed by atoms with Gasteiger partial charge in [0.15, 0.2) is 11.6 Å². The van der Waals surface area contributed by atoms with Gasteiger partial charge >= 0.3 is 10.2 Å². The second kappa shape index (κ2) is 11.3. The van der Waals surface area contributed by atoms with Crippen molar-refractivity contribution < 1.29 is 26.3 Å². The Morgan fingerprint density at radius 3 is 2.43 bits per heavy atom. The van der Waals surface area contributed by atoms with Gasteiger partial charge in [-0.05, 0) is 61.0 Å². The van der Waals surface area contributed by atoms with Crippen LogP contribution in [0.3, 0.4) is 0 Å². The van der Waals surface area contributed by atoms with E-state index in [1.165, 1.54) is 29.1 Å². The summed E-state index contributed by atoms with van der Waals surface area (Å²) in [6, 6.07) is 13.5. The maximum Gasteiger partial charge on any atom is 0.301 e. The molecule has 220 valence electrons. The maximum absolute atomic E-state index is 15.3. The molecule has 10 nitrogen and oxygen atoms in total. The number of fused-ring (bicyclic) bond motifs is 1. The van der Waals surface area contributed by atoms with Crippen LogP contribution in [0.15, 0.2) is 65.7 Å². The van der Waals surface area contributed by atoms with Crippen molar-refractivity contribution in [3.05, 3.63) is 82.9 Å². The van der Waals surface area contributed by atoms with Crippen LogP contribution in [0.2, 0.25) is 0 Å². The highest BCUT2D eigenvalue weighted by atomic mass is 32.2. The molecule has 2 aliphatic heterocycles. The molecule has 42 heavy (non-hydrogen) atoms. The molecule has 14 heteroatoms. The van der Waals surface area contributed by atoms with E-state index in [1.54, 1.807) is 0 Å². The van der Waals surface area contributed by atoms with Crippen LogP contribution >= 0.6 is 0 Å². The molecule has 2 saturated heterocycles. The number of aromatic nitrogens is 2. The largest absolute Gasteiger partial charge is 0.451 e. The van der Waals surface area contributed by atoms with Gasteiger partial charge in [0.25, 0.3) is 5.56 Å². The van der Waals surface area contributed by atoms with Crippen LogP contribution in [-0.2, 0) is 10.2 Å². The quantitative estimate of drug-likeness (QED) is 0.334. The topological polar surface area (TPSA) is 109 Å². The SMILES string of the molecule is O=c1c2cc(Oc3c(F)ccc(NS(=O)(=O)N4CCC(F)C4)c3F)ccc2ncn1-c1ccc(N2CCNCC2)cc1. The molecule has 2 aliphatic rings. The Balaban J connectivity index is 1.27. The molecule has 4 aromatic rings. The van der Waals surface area contributed by atoms with Crippen LogP contribution in [0.1, 0.15) is 6.42 Å². The molecule has 0 bridgehead atoms. The smallest absolute Gasteiger partial charge is 0.301 e. The lowest BCUT2D eigenvalue weighted by molar-refractivity contribution is 0.343. The van der Waals surface area contributed by atoms with E-state index in [2.05, 4.69) is 15.2 Å². The summed E-state index contributed by atoms with van der Waals surface area (Å²) in [4.78, 5) is 20.0. The zero-order valence-corrected chi connectivity index (χ0v) is 23.1. The molecule has 0 aliphatic carbocycles. The average Bonchev–Trinajstić information content (AvgIpc) is 3.45. The van der Waals surface area contributed by atoms with Gasteiger partial charge in [0, 0.05) is 45.0 Å². The minimum Gasteiger partial charge on any atom is -0.451 e. The van der Waals surface area contributed by atoms with E-state index < -0.39 is 45.0 Å². The Hall–Kier alpha value is -4.14. The number of piperazine rings is 1. The number of hydrogen-bond donors (Lipinski definition) is 2. The Kier molecular flexibility index (Phi) is 7.51. The van der Waals surface area contributed by atoms with Crippen LogP contribution in [0.4, 0.5) is 24.5 Å². The van der Waals surface area contributed by atoms with Crippen molar-refractivity contribution in [1.82, 2.24) is 19.2 Å². The van der Waals surface area contributed by atoms with E-state index in [0.29, 0.717) is 11.2 Å². The second-order valence-corrected chi connectivity index (χ2v) is 11.7. The molecular formula is C28H27F3N6O4S. The van der Waals surface area contributed by atoms with Crippen molar-refractivity contribution >= 4 is 32.5 Å². The first-order valence-corrected chi connectivity index (χ1v) is 14.8. The highest BCUT2D eigenvalue weighted by molar-refractivity contribution is 7.90. The fourth-order valence-electron chi connectivity index (χ4n) is 5.03. The van der Waals surface area contributed by atoms with Crippen LogP contribution in [0.25, 0.3) is 16.6 Å². The Morgan fingerprint density at radius 1 is 0.976 bits per heavy atom. The van der Waals surface area contributed by atoms with Crippen molar-refractivity contribution in [3.8, 4) is 17.2 Å².